The monoisotopic (exact) mass is 271 g/mol. The van der Waals surface area contributed by atoms with Gasteiger partial charge < -0.3 is 10.0 Å². The lowest BCUT2D eigenvalue weighted by atomic mass is 10.1. The van der Waals surface area contributed by atoms with Crippen LogP contribution in [0.5, 0.6) is 0 Å². The van der Waals surface area contributed by atoms with Crippen LogP contribution in [0.3, 0.4) is 0 Å². The number of aliphatic hydroxyl groups excluding tert-OH is 1. The van der Waals surface area contributed by atoms with Gasteiger partial charge in [-0.05, 0) is 16.5 Å². The molecular weight excluding hydrogens is 258 g/mol. The second-order valence-electron chi connectivity index (χ2n) is 4.38. The Hall–Kier alpha value is -2.61. The van der Waals surface area contributed by atoms with Gasteiger partial charge in [-0.15, -0.1) is 5.10 Å². The Balaban J connectivity index is 1.83. The third kappa shape index (κ3) is 2.28. The number of fused-ring (bicyclic) bond motifs is 1. The van der Waals surface area contributed by atoms with E-state index in [0.29, 0.717) is 18.0 Å². The van der Waals surface area contributed by atoms with Crippen molar-refractivity contribution in [3.63, 3.8) is 0 Å². The van der Waals surface area contributed by atoms with Gasteiger partial charge in [-0.1, -0.05) is 6.07 Å². The molecule has 20 heavy (non-hydrogen) atoms. The van der Waals surface area contributed by atoms with E-state index >= 15 is 0 Å². The molecule has 0 radical (unpaired) electrons. The molecule has 0 saturated carbocycles. The fourth-order valence-electron chi connectivity index (χ4n) is 1.96. The Morgan fingerprint density at radius 3 is 3.10 bits per heavy atom. The third-order valence-corrected chi connectivity index (χ3v) is 2.98. The first-order chi connectivity index (χ1) is 9.75. The van der Waals surface area contributed by atoms with Crippen molar-refractivity contribution in [1.82, 2.24) is 30.0 Å². The zero-order chi connectivity index (χ0) is 13.9. The number of aliphatic hydroxyl groups is 1. The number of nitrogens with zero attached hydrogens (tertiary/aromatic N) is 7. The summed E-state index contributed by atoms with van der Waals surface area (Å²) in [6, 6.07) is 3.62. The molecule has 3 heterocycles. The van der Waals surface area contributed by atoms with Gasteiger partial charge in [0.05, 0.1) is 12.3 Å². The van der Waals surface area contributed by atoms with Gasteiger partial charge >= 0.3 is 0 Å². The molecule has 8 heteroatoms. The SMILES string of the molecule is CN(C[C@H](O)c1cccnc1)c1nccn2nnnc12. The van der Waals surface area contributed by atoms with Crippen LogP contribution in [0.2, 0.25) is 0 Å². The van der Waals surface area contributed by atoms with Crippen molar-refractivity contribution in [1.29, 1.82) is 0 Å². The molecule has 0 aliphatic heterocycles. The predicted molar refractivity (Wildman–Crippen MR) is 71.0 cm³/mol. The van der Waals surface area contributed by atoms with Gasteiger partial charge in [-0.25, -0.2) is 4.98 Å². The van der Waals surface area contributed by atoms with Gasteiger partial charge in [-0.2, -0.15) is 4.52 Å². The second kappa shape index (κ2) is 5.17. The highest BCUT2D eigenvalue weighted by Gasteiger charge is 2.15. The van der Waals surface area contributed by atoms with E-state index in [1.165, 1.54) is 4.52 Å². The lowest BCUT2D eigenvalue weighted by Crippen LogP contribution is -2.25. The van der Waals surface area contributed by atoms with E-state index in [-0.39, 0.29) is 0 Å². The zero-order valence-corrected chi connectivity index (χ0v) is 10.8. The number of pyridine rings is 1. The molecule has 8 nitrogen and oxygen atoms in total. The van der Waals surface area contributed by atoms with Crippen LogP contribution in [0, 0.1) is 0 Å². The van der Waals surface area contributed by atoms with E-state index in [1.54, 1.807) is 30.9 Å². The first-order valence-corrected chi connectivity index (χ1v) is 6.07. The minimum atomic E-state index is -0.661. The highest BCUT2D eigenvalue weighted by molar-refractivity contribution is 5.62. The van der Waals surface area contributed by atoms with Crippen LogP contribution in [-0.2, 0) is 0 Å². The average Bonchev–Trinajstić information content (AvgIpc) is 2.96. The van der Waals surface area contributed by atoms with Crippen molar-refractivity contribution in [2.45, 2.75) is 6.10 Å². The first kappa shape index (κ1) is 12.4. The molecule has 0 aromatic carbocycles. The van der Waals surface area contributed by atoms with Crippen molar-refractivity contribution < 1.29 is 5.11 Å². The largest absolute Gasteiger partial charge is 0.386 e. The standard InChI is InChI=1S/C12H13N7O/c1-18(8-10(20)9-3-2-4-13-7-9)11-12-15-16-17-19(12)6-5-14-11/h2-7,10,20H,8H2,1H3/t10-/m0/s1. The van der Waals surface area contributed by atoms with Crippen LogP contribution in [0.4, 0.5) is 5.82 Å². The van der Waals surface area contributed by atoms with E-state index in [2.05, 4.69) is 25.5 Å². The molecule has 3 aromatic heterocycles. The minimum Gasteiger partial charge on any atom is -0.386 e. The van der Waals surface area contributed by atoms with Gasteiger partial charge in [0.1, 0.15) is 0 Å². The molecule has 0 unspecified atom stereocenters. The summed E-state index contributed by atoms with van der Waals surface area (Å²) in [4.78, 5) is 10.1. The summed E-state index contributed by atoms with van der Waals surface area (Å²) in [5.74, 6) is 0.612. The summed E-state index contributed by atoms with van der Waals surface area (Å²) in [5.41, 5.74) is 1.30. The molecule has 0 aliphatic rings. The Labute approximate surface area is 114 Å². The molecule has 0 saturated heterocycles. The summed E-state index contributed by atoms with van der Waals surface area (Å²) >= 11 is 0. The number of likely N-dealkylation sites (N-methyl/N-ethyl adjacent to an activating group) is 1. The van der Waals surface area contributed by atoms with Gasteiger partial charge in [0, 0.05) is 37.7 Å². The number of rotatable bonds is 4. The highest BCUT2D eigenvalue weighted by Crippen LogP contribution is 2.18. The van der Waals surface area contributed by atoms with Crippen molar-refractivity contribution >= 4 is 11.5 Å². The third-order valence-electron chi connectivity index (χ3n) is 2.98. The van der Waals surface area contributed by atoms with Crippen molar-refractivity contribution in [2.75, 3.05) is 18.5 Å². The summed E-state index contributed by atoms with van der Waals surface area (Å²) in [6.45, 7) is 0.366. The number of hydrogen-bond donors (Lipinski definition) is 1. The van der Waals surface area contributed by atoms with Crippen LogP contribution in [0.25, 0.3) is 5.65 Å². The second-order valence-corrected chi connectivity index (χ2v) is 4.38. The molecule has 0 aliphatic carbocycles. The molecule has 1 N–H and O–H groups in total. The molecule has 0 fully saturated rings. The summed E-state index contributed by atoms with van der Waals surface area (Å²) in [5, 5.41) is 21.6. The quantitative estimate of drug-likeness (QED) is 0.718. The Kier molecular flexibility index (Phi) is 3.21. The maximum atomic E-state index is 10.2. The Morgan fingerprint density at radius 1 is 1.40 bits per heavy atom. The normalized spacial score (nSPS) is 12.5. The van der Waals surface area contributed by atoms with E-state index in [4.69, 9.17) is 0 Å². The fourth-order valence-corrected chi connectivity index (χ4v) is 1.96. The number of anilines is 1. The van der Waals surface area contributed by atoms with Crippen LogP contribution in [0.1, 0.15) is 11.7 Å². The van der Waals surface area contributed by atoms with Gasteiger partial charge in [0.2, 0.25) is 5.65 Å². The maximum Gasteiger partial charge on any atom is 0.221 e. The number of aromatic nitrogens is 6. The van der Waals surface area contributed by atoms with E-state index in [0.717, 1.165) is 5.56 Å². The molecule has 0 spiro atoms. The highest BCUT2D eigenvalue weighted by atomic mass is 16.3. The van der Waals surface area contributed by atoms with Crippen molar-refractivity contribution in [3.05, 3.63) is 42.5 Å². The Bertz CT molecular complexity index is 699. The summed E-state index contributed by atoms with van der Waals surface area (Å²) in [6.07, 6.45) is 5.94. The Morgan fingerprint density at radius 2 is 2.30 bits per heavy atom. The molecular formula is C12H13N7O. The predicted octanol–water partition coefficient (Wildman–Crippen LogP) is 0.0841. The average molecular weight is 271 g/mol. The summed E-state index contributed by atoms with van der Waals surface area (Å²) < 4.78 is 1.54. The van der Waals surface area contributed by atoms with Gasteiger partial charge in [-0.3, -0.25) is 4.98 Å². The smallest absolute Gasteiger partial charge is 0.221 e. The molecule has 0 amide bonds. The van der Waals surface area contributed by atoms with Gasteiger partial charge in [0.25, 0.3) is 0 Å². The molecule has 3 aromatic rings. The van der Waals surface area contributed by atoms with Crippen molar-refractivity contribution in [3.8, 4) is 0 Å². The van der Waals surface area contributed by atoms with Crippen LogP contribution in [0.15, 0.2) is 36.9 Å². The topological polar surface area (TPSA) is 92.3 Å². The van der Waals surface area contributed by atoms with Gasteiger partial charge in [0.15, 0.2) is 5.82 Å². The van der Waals surface area contributed by atoms with E-state index in [1.807, 2.05) is 18.0 Å². The maximum absolute atomic E-state index is 10.2. The first-order valence-electron chi connectivity index (χ1n) is 6.07. The minimum absolute atomic E-state index is 0.366. The van der Waals surface area contributed by atoms with Crippen molar-refractivity contribution in [2.24, 2.45) is 0 Å². The van der Waals surface area contributed by atoms with E-state index < -0.39 is 6.10 Å². The van der Waals surface area contributed by atoms with Crippen LogP contribution < -0.4 is 4.90 Å². The number of hydrogen-bond acceptors (Lipinski definition) is 7. The fraction of sp³-hybridized carbons (Fsp3) is 0.250. The van der Waals surface area contributed by atoms with Crippen LogP contribution >= 0.6 is 0 Å². The molecule has 1 atom stereocenters. The van der Waals surface area contributed by atoms with E-state index in [9.17, 15) is 5.11 Å². The molecule has 3 rings (SSSR count). The lowest BCUT2D eigenvalue weighted by molar-refractivity contribution is 0.184. The van der Waals surface area contributed by atoms with Crippen LogP contribution in [-0.4, -0.2) is 48.7 Å². The summed E-state index contributed by atoms with van der Waals surface area (Å²) in [7, 11) is 1.83. The zero-order valence-electron chi connectivity index (χ0n) is 10.8. The number of tetrazole rings is 1. The lowest BCUT2D eigenvalue weighted by Gasteiger charge is -2.21. The molecule has 102 valence electrons. The molecule has 0 bridgehead atoms.